The molecule has 1 amide bonds. The molecule has 1 aromatic carbocycles. The molecule has 0 spiro atoms. The van der Waals surface area contributed by atoms with Crippen molar-refractivity contribution in [2.45, 2.75) is 71.6 Å². The highest BCUT2D eigenvalue weighted by Gasteiger charge is 2.46. The lowest BCUT2D eigenvalue weighted by Gasteiger charge is -2.35. The molecule has 35 heavy (non-hydrogen) atoms. The minimum atomic E-state index is -0.622. The summed E-state index contributed by atoms with van der Waals surface area (Å²) in [6, 6.07) is 7.00. The van der Waals surface area contributed by atoms with E-state index in [1.807, 2.05) is 45.2 Å². The Bertz CT molecular complexity index is 930. The van der Waals surface area contributed by atoms with Gasteiger partial charge in [-0.1, -0.05) is 32.4 Å². The van der Waals surface area contributed by atoms with E-state index in [1.54, 1.807) is 16.8 Å². The Balaban J connectivity index is 1.58. The Hall–Kier alpha value is -2.94. The predicted molar refractivity (Wildman–Crippen MR) is 135 cm³/mol. The highest BCUT2D eigenvalue weighted by atomic mass is 16.6. The quantitative estimate of drug-likeness (QED) is 0.398. The molecule has 1 aromatic rings. The number of fused-ring (bicyclic) bond motifs is 1. The van der Waals surface area contributed by atoms with Crippen molar-refractivity contribution >= 4 is 23.4 Å². The molecule has 0 aliphatic carbocycles. The first-order valence-electron chi connectivity index (χ1n) is 12.6. The van der Waals surface area contributed by atoms with Crippen molar-refractivity contribution < 1.29 is 23.8 Å². The molecule has 2 unspecified atom stereocenters. The smallest absolute Gasteiger partial charge is 0.335 e. The third-order valence-electron chi connectivity index (χ3n) is 6.12. The van der Waals surface area contributed by atoms with E-state index in [0.29, 0.717) is 45.0 Å². The van der Waals surface area contributed by atoms with Gasteiger partial charge in [-0.25, -0.2) is 4.79 Å². The summed E-state index contributed by atoms with van der Waals surface area (Å²) in [6.07, 6.45) is 2.32. The molecule has 0 aromatic heterocycles. The summed E-state index contributed by atoms with van der Waals surface area (Å²) >= 11 is 0. The van der Waals surface area contributed by atoms with E-state index in [0.717, 1.165) is 30.0 Å². The van der Waals surface area contributed by atoms with Gasteiger partial charge in [-0.2, -0.15) is 5.10 Å². The molecule has 3 rings (SSSR count). The van der Waals surface area contributed by atoms with Gasteiger partial charge in [0.15, 0.2) is 12.1 Å². The maximum absolute atomic E-state index is 13.3. The Labute approximate surface area is 208 Å². The van der Waals surface area contributed by atoms with Crippen molar-refractivity contribution in [2.75, 3.05) is 33.4 Å². The van der Waals surface area contributed by atoms with Gasteiger partial charge < -0.3 is 14.2 Å². The van der Waals surface area contributed by atoms with Crippen LogP contribution in [-0.2, 0) is 25.5 Å². The number of benzene rings is 1. The summed E-state index contributed by atoms with van der Waals surface area (Å²) in [4.78, 5) is 32.0. The number of hydrogen-bond acceptors (Lipinski definition) is 8. The molecule has 0 N–H and O–H groups in total. The maximum atomic E-state index is 13.3. The molecule has 2 aliphatic heterocycles. The molecule has 2 heterocycles. The van der Waals surface area contributed by atoms with Crippen LogP contribution in [0, 0.1) is 0 Å². The van der Waals surface area contributed by atoms with E-state index < -0.39 is 6.10 Å². The van der Waals surface area contributed by atoms with E-state index in [1.165, 1.54) is 0 Å². The zero-order valence-electron chi connectivity index (χ0n) is 21.5. The number of hydrogen-bond donors (Lipinski definition) is 0. The van der Waals surface area contributed by atoms with Gasteiger partial charge in [0.2, 0.25) is 0 Å². The number of nitrogens with zero attached hydrogens (tertiary/aromatic N) is 4. The molecule has 0 radical (unpaired) electrons. The van der Waals surface area contributed by atoms with Gasteiger partial charge in [0.1, 0.15) is 24.2 Å². The van der Waals surface area contributed by atoms with Crippen LogP contribution < -0.4 is 4.74 Å². The van der Waals surface area contributed by atoms with Crippen molar-refractivity contribution in [3.63, 3.8) is 0 Å². The Morgan fingerprint density at radius 1 is 1.11 bits per heavy atom. The molecule has 0 saturated heterocycles. The van der Waals surface area contributed by atoms with E-state index in [-0.39, 0.29) is 24.0 Å². The lowest BCUT2D eigenvalue weighted by Crippen LogP contribution is -2.56. The number of ether oxygens (including phenoxy) is 3. The van der Waals surface area contributed by atoms with Crippen molar-refractivity contribution in [2.24, 2.45) is 10.1 Å². The topological polar surface area (TPSA) is 93.0 Å². The highest BCUT2D eigenvalue weighted by molar-refractivity contribution is 6.09. The van der Waals surface area contributed by atoms with Crippen LogP contribution in [0.3, 0.4) is 0 Å². The average Bonchev–Trinajstić information content (AvgIpc) is 3.16. The summed E-state index contributed by atoms with van der Waals surface area (Å²) in [7, 11) is 1.85. The normalized spacial score (nSPS) is 20.3. The SMILES string of the molecule is CCCC1=NN(C)C2C(=O)N(CCOc3ccc(C[C@@H](OCC)C(=O)OCC)cc3)C(CC)=NC12. The minimum Gasteiger partial charge on any atom is -0.492 e. The number of carbonyl (C=O) groups excluding carboxylic acids is 2. The van der Waals surface area contributed by atoms with Crippen LogP contribution in [-0.4, -0.2) is 84.9 Å². The number of amides is 1. The molecule has 0 bridgehead atoms. The Morgan fingerprint density at radius 3 is 2.49 bits per heavy atom. The fourth-order valence-electron chi connectivity index (χ4n) is 4.48. The lowest BCUT2D eigenvalue weighted by atomic mass is 9.98. The molecule has 0 saturated carbocycles. The minimum absolute atomic E-state index is 0.0269. The molecule has 9 nitrogen and oxygen atoms in total. The molecule has 2 aliphatic rings. The van der Waals surface area contributed by atoms with E-state index in [9.17, 15) is 9.59 Å². The van der Waals surface area contributed by atoms with Gasteiger partial charge in [-0.3, -0.25) is 19.7 Å². The van der Waals surface area contributed by atoms with E-state index >= 15 is 0 Å². The van der Waals surface area contributed by atoms with Crippen LogP contribution in [0.15, 0.2) is 34.4 Å². The molecule has 192 valence electrons. The van der Waals surface area contributed by atoms with Crippen molar-refractivity contribution in [1.29, 1.82) is 0 Å². The number of amidine groups is 1. The monoisotopic (exact) mass is 486 g/mol. The number of hydrazone groups is 1. The zero-order chi connectivity index (χ0) is 25.4. The first-order valence-corrected chi connectivity index (χ1v) is 12.6. The van der Waals surface area contributed by atoms with E-state index in [4.69, 9.17) is 19.2 Å². The Kier molecular flexibility index (Phi) is 9.65. The number of aliphatic imine (C=N–C) groups is 1. The predicted octanol–water partition coefficient (Wildman–Crippen LogP) is 3.07. The third kappa shape index (κ3) is 6.39. The van der Waals surface area contributed by atoms with Crippen molar-refractivity contribution in [1.82, 2.24) is 9.91 Å². The van der Waals surface area contributed by atoms with Crippen molar-refractivity contribution in [3.8, 4) is 5.75 Å². The standard InChI is InChI=1S/C26H38N4O5/c1-6-10-20-23-24(29(5)28-20)25(31)30(22(7-2)27-23)15-16-35-19-13-11-18(12-14-19)17-21(33-8-3)26(32)34-9-4/h11-14,21,23-24H,6-10,15-17H2,1-5H3/t21-,23?,24?/m1/s1. The van der Waals surface area contributed by atoms with Gasteiger partial charge in [0, 0.05) is 26.5 Å². The Morgan fingerprint density at radius 2 is 1.86 bits per heavy atom. The second kappa shape index (κ2) is 12.7. The molecular weight excluding hydrogens is 448 g/mol. The third-order valence-corrected chi connectivity index (χ3v) is 6.12. The summed E-state index contributed by atoms with van der Waals surface area (Å²) in [6.45, 7) is 9.28. The summed E-state index contributed by atoms with van der Waals surface area (Å²) in [5.74, 6) is 1.16. The second-order valence-electron chi connectivity index (χ2n) is 8.59. The molecule has 9 heteroatoms. The first kappa shape index (κ1) is 26.7. The molecule has 0 fully saturated rings. The number of likely N-dealkylation sites (N-methyl/N-ethyl adjacent to an activating group) is 1. The average molecular weight is 487 g/mol. The fourth-order valence-corrected chi connectivity index (χ4v) is 4.48. The summed E-state index contributed by atoms with van der Waals surface area (Å²) in [5.41, 5.74) is 1.94. The van der Waals surface area contributed by atoms with Crippen LogP contribution >= 0.6 is 0 Å². The van der Waals surface area contributed by atoms with Crippen LogP contribution in [0.5, 0.6) is 5.75 Å². The van der Waals surface area contributed by atoms with Gasteiger partial charge in [0.25, 0.3) is 5.91 Å². The van der Waals surface area contributed by atoms with Gasteiger partial charge in [-0.15, -0.1) is 0 Å². The second-order valence-corrected chi connectivity index (χ2v) is 8.59. The van der Waals surface area contributed by atoms with Gasteiger partial charge in [0.05, 0.1) is 18.9 Å². The number of carbonyl (C=O) groups is 2. The first-order chi connectivity index (χ1) is 16.9. The van der Waals surface area contributed by atoms with E-state index in [2.05, 4.69) is 12.0 Å². The van der Waals surface area contributed by atoms with Crippen molar-refractivity contribution in [3.05, 3.63) is 29.8 Å². The van der Waals surface area contributed by atoms with Gasteiger partial charge >= 0.3 is 5.97 Å². The zero-order valence-corrected chi connectivity index (χ0v) is 21.5. The largest absolute Gasteiger partial charge is 0.492 e. The van der Waals surface area contributed by atoms with Crippen LogP contribution in [0.1, 0.15) is 52.5 Å². The highest BCUT2D eigenvalue weighted by Crippen LogP contribution is 2.27. The van der Waals surface area contributed by atoms with Crippen LogP contribution in [0.25, 0.3) is 0 Å². The van der Waals surface area contributed by atoms with Gasteiger partial charge in [-0.05, 0) is 38.0 Å². The fraction of sp³-hybridized carbons (Fsp3) is 0.615. The van der Waals surface area contributed by atoms with Crippen LogP contribution in [0.2, 0.25) is 0 Å². The molecule has 3 atom stereocenters. The summed E-state index contributed by atoms with van der Waals surface area (Å²) < 4.78 is 16.6. The summed E-state index contributed by atoms with van der Waals surface area (Å²) in [5, 5.41) is 6.35. The molecular formula is C26H38N4O5. The maximum Gasteiger partial charge on any atom is 0.335 e. The lowest BCUT2D eigenvalue weighted by molar-refractivity contribution is -0.156. The van der Waals surface area contributed by atoms with Crippen LogP contribution in [0.4, 0.5) is 0 Å². The number of esters is 1. The number of rotatable bonds is 13.